The Kier molecular flexibility index (Phi) is 5.44. The second-order valence-corrected chi connectivity index (χ2v) is 7.81. The molecule has 2 aliphatic carbocycles. The summed E-state index contributed by atoms with van der Waals surface area (Å²) in [4.78, 5) is 0. The van der Waals surface area contributed by atoms with Crippen LogP contribution in [0.25, 0.3) is 0 Å². The van der Waals surface area contributed by atoms with Gasteiger partial charge in [0.1, 0.15) is 5.75 Å². The summed E-state index contributed by atoms with van der Waals surface area (Å²) < 4.78 is 0. The van der Waals surface area contributed by atoms with Crippen LogP contribution in [0.3, 0.4) is 0 Å². The van der Waals surface area contributed by atoms with Gasteiger partial charge in [0.15, 0.2) is 0 Å². The van der Waals surface area contributed by atoms with Crippen molar-refractivity contribution in [1.82, 2.24) is 0 Å². The predicted molar refractivity (Wildman–Crippen MR) is 93.2 cm³/mol. The van der Waals surface area contributed by atoms with Crippen LogP contribution in [0.4, 0.5) is 0 Å². The van der Waals surface area contributed by atoms with Crippen LogP contribution in [0.5, 0.6) is 5.75 Å². The molecule has 0 saturated heterocycles. The van der Waals surface area contributed by atoms with E-state index in [0.717, 1.165) is 24.2 Å². The van der Waals surface area contributed by atoms with Crippen molar-refractivity contribution in [3.8, 4) is 5.75 Å². The van der Waals surface area contributed by atoms with Gasteiger partial charge in [-0.2, -0.15) is 0 Å². The zero-order valence-corrected chi connectivity index (χ0v) is 14.2. The highest BCUT2D eigenvalue weighted by Gasteiger charge is 2.23. The molecule has 0 heterocycles. The first-order chi connectivity index (χ1) is 10.7. The summed E-state index contributed by atoms with van der Waals surface area (Å²) in [6.07, 6.45) is 15.4. The maximum absolute atomic E-state index is 9.59. The Morgan fingerprint density at radius 2 is 1.55 bits per heavy atom. The molecule has 0 aromatic heterocycles. The summed E-state index contributed by atoms with van der Waals surface area (Å²) in [7, 11) is 0. The van der Waals surface area contributed by atoms with E-state index < -0.39 is 0 Å². The zero-order chi connectivity index (χ0) is 15.4. The van der Waals surface area contributed by atoms with Crippen LogP contribution in [0, 0.1) is 17.8 Å². The number of rotatable bonds is 5. The first-order valence-corrected chi connectivity index (χ1v) is 9.55. The van der Waals surface area contributed by atoms with Crippen molar-refractivity contribution in [3.63, 3.8) is 0 Å². The standard InChI is InChI=1S/C21H32O/c1-2-3-16-4-6-17(7-5-16)8-9-18-10-11-20-15-21(22)13-12-19(20)14-18/h12-13,15-18,22H,2-11,14H2,1H3. The number of hydrogen-bond donors (Lipinski definition) is 1. The van der Waals surface area contributed by atoms with Crippen molar-refractivity contribution in [2.24, 2.45) is 17.8 Å². The lowest BCUT2D eigenvalue weighted by atomic mass is 9.75. The van der Waals surface area contributed by atoms with Gasteiger partial charge in [-0.15, -0.1) is 0 Å². The van der Waals surface area contributed by atoms with Crippen LogP contribution in [-0.2, 0) is 12.8 Å². The van der Waals surface area contributed by atoms with E-state index in [1.54, 1.807) is 0 Å². The minimum absolute atomic E-state index is 0.432. The molecule has 1 nitrogen and oxygen atoms in total. The van der Waals surface area contributed by atoms with Crippen molar-refractivity contribution < 1.29 is 5.11 Å². The number of phenolic OH excluding ortho intramolecular Hbond substituents is 1. The fraction of sp³-hybridized carbons (Fsp3) is 0.714. The topological polar surface area (TPSA) is 20.2 Å². The van der Waals surface area contributed by atoms with Gasteiger partial charge < -0.3 is 5.11 Å². The molecule has 1 aromatic rings. The summed E-state index contributed by atoms with van der Waals surface area (Å²) in [5.74, 6) is 3.36. The van der Waals surface area contributed by atoms with Crippen LogP contribution in [-0.4, -0.2) is 5.11 Å². The molecule has 2 aliphatic rings. The molecule has 22 heavy (non-hydrogen) atoms. The average molecular weight is 300 g/mol. The maximum Gasteiger partial charge on any atom is 0.115 e. The minimum Gasteiger partial charge on any atom is -0.508 e. The van der Waals surface area contributed by atoms with E-state index in [1.807, 2.05) is 12.1 Å². The van der Waals surface area contributed by atoms with Crippen molar-refractivity contribution in [3.05, 3.63) is 29.3 Å². The first-order valence-electron chi connectivity index (χ1n) is 9.55. The Morgan fingerprint density at radius 3 is 2.27 bits per heavy atom. The summed E-state index contributed by atoms with van der Waals surface area (Å²) in [5.41, 5.74) is 2.87. The highest BCUT2D eigenvalue weighted by atomic mass is 16.3. The van der Waals surface area contributed by atoms with Crippen LogP contribution < -0.4 is 0 Å². The summed E-state index contributed by atoms with van der Waals surface area (Å²) in [5, 5.41) is 9.59. The predicted octanol–water partition coefficient (Wildman–Crippen LogP) is 5.88. The molecule has 1 aromatic carbocycles. The van der Waals surface area contributed by atoms with Crippen molar-refractivity contribution in [2.75, 3.05) is 0 Å². The Bertz CT molecular complexity index is 471. The van der Waals surface area contributed by atoms with Gasteiger partial charge in [-0.1, -0.05) is 57.9 Å². The van der Waals surface area contributed by atoms with Gasteiger partial charge in [-0.05, 0) is 66.7 Å². The first kappa shape index (κ1) is 15.9. The lowest BCUT2D eigenvalue weighted by molar-refractivity contribution is 0.236. The molecule has 0 aliphatic heterocycles. The van der Waals surface area contributed by atoms with E-state index in [-0.39, 0.29) is 0 Å². The summed E-state index contributed by atoms with van der Waals surface area (Å²) in [6, 6.07) is 5.98. The molecule has 1 atom stereocenters. The van der Waals surface area contributed by atoms with E-state index in [9.17, 15) is 5.11 Å². The number of fused-ring (bicyclic) bond motifs is 1. The molecule has 1 heteroatoms. The van der Waals surface area contributed by atoms with Gasteiger partial charge in [0.25, 0.3) is 0 Å². The quantitative estimate of drug-likeness (QED) is 0.719. The normalized spacial score (nSPS) is 28.3. The molecule has 1 N–H and O–H groups in total. The average Bonchev–Trinajstić information content (AvgIpc) is 2.54. The van der Waals surface area contributed by atoms with E-state index in [2.05, 4.69) is 13.0 Å². The molecule has 1 saturated carbocycles. The van der Waals surface area contributed by atoms with E-state index in [0.29, 0.717) is 5.75 Å². The Balaban J connectivity index is 1.43. The van der Waals surface area contributed by atoms with Crippen molar-refractivity contribution >= 4 is 0 Å². The number of benzene rings is 1. The van der Waals surface area contributed by atoms with Gasteiger partial charge in [0.2, 0.25) is 0 Å². The van der Waals surface area contributed by atoms with Gasteiger partial charge in [0, 0.05) is 0 Å². The van der Waals surface area contributed by atoms with E-state index >= 15 is 0 Å². The van der Waals surface area contributed by atoms with E-state index in [1.165, 1.54) is 75.3 Å². The third-order valence-electron chi connectivity index (χ3n) is 6.17. The molecule has 1 fully saturated rings. The molecular weight excluding hydrogens is 268 g/mol. The molecule has 0 spiro atoms. The second-order valence-electron chi connectivity index (χ2n) is 7.81. The number of hydrogen-bond acceptors (Lipinski definition) is 1. The monoisotopic (exact) mass is 300 g/mol. The molecular formula is C21H32O. The molecule has 122 valence electrons. The van der Waals surface area contributed by atoms with Crippen molar-refractivity contribution in [1.29, 1.82) is 0 Å². The van der Waals surface area contributed by atoms with Crippen LogP contribution >= 0.6 is 0 Å². The lowest BCUT2D eigenvalue weighted by Gasteiger charge is -2.30. The smallest absolute Gasteiger partial charge is 0.115 e. The largest absolute Gasteiger partial charge is 0.508 e. The molecule has 1 unspecified atom stereocenters. The maximum atomic E-state index is 9.59. The Hall–Kier alpha value is -0.980. The minimum atomic E-state index is 0.432. The molecule has 0 radical (unpaired) electrons. The highest BCUT2D eigenvalue weighted by molar-refractivity contribution is 5.36. The Morgan fingerprint density at radius 1 is 0.864 bits per heavy atom. The highest BCUT2D eigenvalue weighted by Crippen LogP contribution is 2.36. The SMILES string of the molecule is CCCC1CCC(CCC2CCc3cc(O)ccc3C2)CC1. The molecule has 0 amide bonds. The lowest BCUT2D eigenvalue weighted by Crippen LogP contribution is -2.18. The number of phenols is 1. The van der Waals surface area contributed by atoms with Crippen LogP contribution in [0.2, 0.25) is 0 Å². The molecule has 0 bridgehead atoms. The van der Waals surface area contributed by atoms with Crippen molar-refractivity contribution in [2.45, 2.75) is 77.6 Å². The number of aryl methyl sites for hydroxylation is 1. The number of aromatic hydroxyl groups is 1. The van der Waals surface area contributed by atoms with Gasteiger partial charge >= 0.3 is 0 Å². The fourth-order valence-corrected chi connectivity index (χ4v) is 4.75. The summed E-state index contributed by atoms with van der Waals surface area (Å²) in [6.45, 7) is 2.33. The third kappa shape index (κ3) is 4.06. The van der Waals surface area contributed by atoms with Crippen LogP contribution in [0.15, 0.2) is 18.2 Å². The van der Waals surface area contributed by atoms with Gasteiger partial charge in [-0.3, -0.25) is 0 Å². The van der Waals surface area contributed by atoms with E-state index in [4.69, 9.17) is 0 Å². The zero-order valence-electron chi connectivity index (χ0n) is 14.2. The van der Waals surface area contributed by atoms with Gasteiger partial charge in [0.05, 0.1) is 0 Å². The fourth-order valence-electron chi connectivity index (χ4n) is 4.75. The third-order valence-corrected chi connectivity index (χ3v) is 6.17. The molecule has 3 rings (SSSR count). The van der Waals surface area contributed by atoms with Crippen LogP contribution in [0.1, 0.15) is 75.8 Å². The Labute approximate surface area is 136 Å². The second kappa shape index (κ2) is 7.53. The summed E-state index contributed by atoms with van der Waals surface area (Å²) >= 11 is 0. The van der Waals surface area contributed by atoms with Gasteiger partial charge in [-0.25, -0.2) is 0 Å².